The van der Waals surface area contributed by atoms with Crippen LogP contribution in [-0.4, -0.2) is 44.5 Å². The molecule has 3 heterocycles. The fraction of sp³-hybridized carbons (Fsp3) is 0.541. The molecule has 6 nitrogen and oxygen atoms in total. The molecule has 0 amide bonds. The molecule has 6 aliphatic rings. The average molecular weight is 587 g/mol. The zero-order valence-corrected chi connectivity index (χ0v) is 26.8. The van der Waals surface area contributed by atoms with E-state index >= 15 is 0 Å². The minimum atomic E-state index is -1.20. The van der Waals surface area contributed by atoms with Crippen LogP contribution in [0.4, 0.5) is 0 Å². The average Bonchev–Trinajstić information content (AvgIpc) is 3.08. The van der Waals surface area contributed by atoms with E-state index in [9.17, 15) is 15.0 Å². The highest BCUT2D eigenvalue weighted by Crippen LogP contribution is 2.69. The molecule has 2 fully saturated rings. The molecule has 6 heteroatoms. The number of phenolic OH excluding ortho intramolecular Hbond substituents is 1. The second-order valence-corrected chi connectivity index (χ2v) is 14.3. The lowest BCUT2D eigenvalue weighted by molar-refractivity contribution is -0.204. The smallest absolute Gasteiger partial charge is 0.200 e. The number of aromatic hydroxyl groups is 1. The van der Waals surface area contributed by atoms with E-state index in [4.69, 9.17) is 14.2 Å². The normalized spacial score (nSPS) is 34.1. The number of hydrogen-bond acceptors (Lipinski definition) is 6. The summed E-state index contributed by atoms with van der Waals surface area (Å²) < 4.78 is 20.9. The summed E-state index contributed by atoms with van der Waals surface area (Å²) in [6, 6.07) is 0. The molecule has 3 aliphatic carbocycles. The number of hydrogen-bond donors (Lipinski definition) is 2. The van der Waals surface area contributed by atoms with Crippen molar-refractivity contribution in [1.82, 2.24) is 0 Å². The van der Waals surface area contributed by atoms with Crippen LogP contribution in [-0.2, 0) is 11.2 Å². The Bertz CT molecular complexity index is 1530. The highest BCUT2D eigenvalue weighted by Gasteiger charge is 2.80. The molecule has 0 radical (unpaired) electrons. The van der Waals surface area contributed by atoms with Gasteiger partial charge in [-0.2, -0.15) is 0 Å². The summed E-state index contributed by atoms with van der Waals surface area (Å²) in [5, 5.41) is 23.6. The fourth-order valence-electron chi connectivity index (χ4n) is 8.31. The highest BCUT2D eigenvalue weighted by molar-refractivity contribution is 6.16. The van der Waals surface area contributed by atoms with Crippen molar-refractivity contribution in [2.24, 2.45) is 11.8 Å². The number of benzene rings is 1. The van der Waals surface area contributed by atoms with E-state index in [1.54, 1.807) is 0 Å². The van der Waals surface area contributed by atoms with Gasteiger partial charge in [0.2, 0.25) is 0 Å². The molecule has 3 aliphatic heterocycles. The van der Waals surface area contributed by atoms with Crippen LogP contribution in [0, 0.1) is 11.8 Å². The molecular weight excluding hydrogens is 540 g/mol. The van der Waals surface area contributed by atoms with E-state index in [1.807, 2.05) is 65.0 Å². The van der Waals surface area contributed by atoms with Crippen molar-refractivity contribution in [3.8, 4) is 17.2 Å². The van der Waals surface area contributed by atoms with Gasteiger partial charge in [0.1, 0.15) is 34.0 Å². The van der Waals surface area contributed by atoms with Gasteiger partial charge >= 0.3 is 0 Å². The number of ketones is 1. The summed E-state index contributed by atoms with van der Waals surface area (Å²) >= 11 is 0. The zero-order valence-electron chi connectivity index (χ0n) is 26.8. The lowest BCUT2D eigenvalue weighted by Crippen LogP contribution is -2.73. The van der Waals surface area contributed by atoms with Gasteiger partial charge in [-0.1, -0.05) is 41.5 Å². The van der Waals surface area contributed by atoms with Crippen molar-refractivity contribution in [2.45, 2.75) is 116 Å². The zero-order chi connectivity index (χ0) is 31.1. The number of rotatable bonds is 7. The van der Waals surface area contributed by atoms with Gasteiger partial charge in [-0.3, -0.25) is 4.79 Å². The first-order chi connectivity index (χ1) is 20.2. The molecule has 0 aromatic heterocycles. The largest absolute Gasteiger partial charge is 0.506 e. The lowest BCUT2D eigenvalue weighted by Gasteiger charge is -2.59. The minimum absolute atomic E-state index is 0.119. The minimum Gasteiger partial charge on any atom is -0.506 e. The van der Waals surface area contributed by atoms with Crippen molar-refractivity contribution in [2.75, 3.05) is 0 Å². The molecular formula is C37H46O6. The van der Waals surface area contributed by atoms with E-state index in [1.165, 1.54) is 5.57 Å². The molecule has 6 atom stereocenters. The van der Waals surface area contributed by atoms with Crippen LogP contribution in [0.15, 0.2) is 53.2 Å². The molecule has 7 rings (SSSR count). The maximum absolute atomic E-state index is 14.7. The molecule has 1 aromatic carbocycles. The van der Waals surface area contributed by atoms with E-state index in [0.717, 1.165) is 24.0 Å². The van der Waals surface area contributed by atoms with Crippen LogP contribution in [0.2, 0.25) is 0 Å². The summed E-state index contributed by atoms with van der Waals surface area (Å²) in [5.74, 6) is 0.122. The Morgan fingerprint density at radius 1 is 1.07 bits per heavy atom. The highest BCUT2D eigenvalue weighted by atomic mass is 16.6. The number of phenols is 1. The van der Waals surface area contributed by atoms with Crippen LogP contribution in [0.25, 0.3) is 6.08 Å². The lowest BCUT2D eigenvalue weighted by atomic mass is 9.50. The van der Waals surface area contributed by atoms with Crippen LogP contribution in [0.5, 0.6) is 17.2 Å². The van der Waals surface area contributed by atoms with Crippen LogP contribution in [0.1, 0.15) is 103 Å². The summed E-state index contributed by atoms with van der Waals surface area (Å²) in [6.07, 6.45) is 16.3. The molecule has 1 spiro atoms. The fourth-order valence-corrected chi connectivity index (χ4v) is 8.31. The molecule has 43 heavy (non-hydrogen) atoms. The van der Waals surface area contributed by atoms with Gasteiger partial charge in [0.25, 0.3) is 0 Å². The maximum Gasteiger partial charge on any atom is 0.200 e. The van der Waals surface area contributed by atoms with Crippen molar-refractivity contribution >= 4 is 11.9 Å². The predicted octanol–water partition coefficient (Wildman–Crippen LogP) is 7.58. The summed E-state index contributed by atoms with van der Waals surface area (Å²) in [5.41, 5.74) is 0.705. The van der Waals surface area contributed by atoms with Crippen LogP contribution in [0.3, 0.4) is 0 Å². The standard InChI is InChI=1S/C37H46O6/c1-9-10-17-36-33(40)23-19-26-30(39)28-29(38)24-15-18-35(8,16-11-12-21(2)3)41-31(24)25(14-13-22(4)5)32(28)42-37(26,36)27(20-23)34(6,7)43-36/h9-10,12-13,15,18-19,23,27,33,38,40H,11,14,16-17,20H2,1-8H3/t23?,27?,33?,35-,36?,37?/m1/s1. The third-order valence-corrected chi connectivity index (χ3v) is 10.3. The van der Waals surface area contributed by atoms with Crippen LogP contribution < -0.4 is 9.47 Å². The quantitative estimate of drug-likeness (QED) is 0.321. The Morgan fingerprint density at radius 2 is 1.79 bits per heavy atom. The second kappa shape index (κ2) is 9.97. The molecule has 230 valence electrons. The van der Waals surface area contributed by atoms with Gasteiger partial charge in [-0.05, 0) is 93.2 Å². The number of allylic oxidation sites excluding steroid dienone is 5. The first kappa shape index (κ1) is 30.0. The van der Waals surface area contributed by atoms with E-state index in [-0.39, 0.29) is 28.9 Å². The maximum atomic E-state index is 14.7. The number of aliphatic hydroxyl groups is 1. The Morgan fingerprint density at radius 3 is 2.47 bits per heavy atom. The monoisotopic (exact) mass is 586 g/mol. The Hall–Kier alpha value is -3.09. The molecule has 1 saturated carbocycles. The Kier molecular flexibility index (Phi) is 6.94. The third-order valence-electron chi connectivity index (χ3n) is 10.3. The molecule has 5 unspecified atom stereocenters. The van der Waals surface area contributed by atoms with Gasteiger partial charge < -0.3 is 24.4 Å². The van der Waals surface area contributed by atoms with Crippen molar-refractivity contribution in [3.05, 3.63) is 69.9 Å². The van der Waals surface area contributed by atoms with Gasteiger partial charge in [0.15, 0.2) is 11.4 Å². The van der Waals surface area contributed by atoms with Crippen LogP contribution >= 0.6 is 0 Å². The first-order valence-electron chi connectivity index (χ1n) is 15.7. The van der Waals surface area contributed by atoms with Gasteiger partial charge in [0.05, 0.1) is 17.3 Å². The SMILES string of the molecule is CC=CCC12OC(C)(C)C3CC(C=C4C(=O)c5c(O)c6c(c(CC=C(C)C)c5OC431)O[C@](C)(CCC=C(C)C)C=C6)C2O. The number of fused-ring (bicyclic) bond motifs is 2. The number of carbonyl (C=O) groups excluding carboxylic acids is 1. The first-order valence-corrected chi connectivity index (χ1v) is 15.7. The second-order valence-electron chi connectivity index (χ2n) is 14.3. The molecule has 1 aromatic rings. The van der Waals surface area contributed by atoms with E-state index < -0.39 is 28.5 Å². The van der Waals surface area contributed by atoms with Crippen molar-refractivity contribution in [1.29, 1.82) is 0 Å². The number of aliphatic hydroxyl groups excluding tert-OH is 1. The Balaban J connectivity index is 1.59. The topological polar surface area (TPSA) is 85.2 Å². The molecule has 2 N–H and O–H groups in total. The predicted molar refractivity (Wildman–Crippen MR) is 169 cm³/mol. The number of Topliss-reactive ketones (excluding diaryl/α,β-unsaturated/α-hetero) is 1. The summed E-state index contributed by atoms with van der Waals surface area (Å²) in [7, 11) is 0. The number of carbonyl (C=O) groups is 1. The Labute approximate surface area is 255 Å². The molecule has 1 saturated heterocycles. The van der Waals surface area contributed by atoms with Crippen molar-refractivity contribution < 1.29 is 29.2 Å². The van der Waals surface area contributed by atoms with Gasteiger partial charge in [-0.15, -0.1) is 0 Å². The van der Waals surface area contributed by atoms with E-state index in [0.29, 0.717) is 41.9 Å². The van der Waals surface area contributed by atoms with Gasteiger partial charge in [-0.25, -0.2) is 0 Å². The van der Waals surface area contributed by atoms with Gasteiger partial charge in [0, 0.05) is 29.4 Å². The summed E-state index contributed by atoms with van der Waals surface area (Å²) in [6.45, 7) is 16.3. The summed E-state index contributed by atoms with van der Waals surface area (Å²) in [4.78, 5) is 14.7. The van der Waals surface area contributed by atoms with E-state index in [2.05, 4.69) is 32.9 Å². The number of ether oxygens (including phenoxy) is 3. The van der Waals surface area contributed by atoms with Crippen molar-refractivity contribution in [3.63, 3.8) is 0 Å². The molecule has 4 bridgehead atoms. The third kappa shape index (κ3) is 4.16.